The van der Waals surface area contributed by atoms with Crippen LogP contribution in [0, 0.1) is 13.8 Å². The molecule has 98 valence electrons. The number of benzene rings is 1. The fourth-order valence-electron chi connectivity index (χ4n) is 2.25. The van der Waals surface area contributed by atoms with Gasteiger partial charge in [-0.2, -0.15) is 0 Å². The van der Waals surface area contributed by atoms with Gasteiger partial charge < -0.3 is 10.1 Å². The lowest BCUT2D eigenvalue weighted by Gasteiger charge is -2.21. The second kappa shape index (κ2) is 4.61. The molecule has 1 atom stereocenters. The second-order valence-corrected chi connectivity index (χ2v) is 5.20. The van der Waals surface area contributed by atoms with Gasteiger partial charge in [-0.3, -0.25) is 4.90 Å². The Balaban J connectivity index is 2.24. The molecule has 4 nitrogen and oxygen atoms in total. The molecule has 0 aliphatic carbocycles. The van der Waals surface area contributed by atoms with Gasteiger partial charge in [0.1, 0.15) is 5.60 Å². The van der Waals surface area contributed by atoms with Gasteiger partial charge in [0.05, 0.1) is 6.54 Å². The normalized spacial score (nSPS) is 23.3. The van der Waals surface area contributed by atoms with Crippen molar-refractivity contribution in [3.63, 3.8) is 0 Å². The Hall–Kier alpha value is -1.55. The third-order valence-electron chi connectivity index (χ3n) is 3.40. The van der Waals surface area contributed by atoms with Crippen LogP contribution in [0.15, 0.2) is 18.2 Å². The lowest BCUT2D eigenvalue weighted by Crippen LogP contribution is -2.40. The van der Waals surface area contributed by atoms with Crippen molar-refractivity contribution < 1.29 is 9.53 Å². The highest BCUT2D eigenvalue weighted by Gasteiger charge is 2.41. The molecule has 2 rings (SSSR count). The topological polar surface area (TPSA) is 41.6 Å². The van der Waals surface area contributed by atoms with E-state index in [1.54, 1.807) is 4.90 Å². The quantitative estimate of drug-likeness (QED) is 0.892. The second-order valence-electron chi connectivity index (χ2n) is 5.20. The number of carbonyl (C=O) groups excluding carboxylic acids is 1. The minimum absolute atomic E-state index is 0.268. The van der Waals surface area contributed by atoms with E-state index in [0.29, 0.717) is 13.1 Å². The summed E-state index contributed by atoms with van der Waals surface area (Å²) < 4.78 is 5.45. The number of ether oxygens (including phenoxy) is 1. The maximum atomic E-state index is 11.9. The molecule has 1 aliphatic rings. The van der Waals surface area contributed by atoms with Crippen LogP contribution < -0.4 is 10.2 Å². The maximum absolute atomic E-state index is 11.9. The van der Waals surface area contributed by atoms with E-state index in [1.807, 2.05) is 39.1 Å². The lowest BCUT2D eigenvalue weighted by atomic mass is 10.1. The van der Waals surface area contributed by atoms with Crippen LogP contribution in [0.5, 0.6) is 0 Å². The molecule has 1 aromatic rings. The van der Waals surface area contributed by atoms with Gasteiger partial charge in [0, 0.05) is 12.2 Å². The summed E-state index contributed by atoms with van der Waals surface area (Å²) in [7, 11) is 1.86. The first-order chi connectivity index (χ1) is 8.45. The highest BCUT2D eigenvalue weighted by Crippen LogP contribution is 2.28. The SMILES string of the molecule is CNCC1(C)CN(c2ccc(C)c(C)c2)C(=O)O1. The first kappa shape index (κ1) is 12.9. The van der Waals surface area contributed by atoms with E-state index in [4.69, 9.17) is 4.74 Å². The monoisotopic (exact) mass is 248 g/mol. The Bertz CT molecular complexity index is 473. The first-order valence-corrected chi connectivity index (χ1v) is 6.17. The van der Waals surface area contributed by atoms with Crippen molar-refractivity contribution in [2.45, 2.75) is 26.4 Å². The van der Waals surface area contributed by atoms with Gasteiger partial charge in [-0.15, -0.1) is 0 Å². The fraction of sp³-hybridized carbons (Fsp3) is 0.500. The minimum Gasteiger partial charge on any atom is -0.440 e. The third kappa shape index (κ3) is 2.34. The van der Waals surface area contributed by atoms with Crippen molar-refractivity contribution in [3.8, 4) is 0 Å². The highest BCUT2D eigenvalue weighted by molar-refractivity contribution is 5.90. The summed E-state index contributed by atoms with van der Waals surface area (Å²) in [5.41, 5.74) is 2.86. The van der Waals surface area contributed by atoms with E-state index in [0.717, 1.165) is 5.69 Å². The third-order valence-corrected chi connectivity index (χ3v) is 3.40. The fourth-order valence-corrected chi connectivity index (χ4v) is 2.25. The molecule has 18 heavy (non-hydrogen) atoms. The zero-order valence-corrected chi connectivity index (χ0v) is 11.4. The van der Waals surface area contributed by atoms with Crippen molar-refractivity contribution in [1.29, 1.82) is 0 Å². The molecule has 0 radical (unpaired) electrons. The van der Waals surface area contributed by atoms with E-state index >= 15 is 0 Å². The number of nitrogens with one attached hydrogen (secondary N) is 1. The number of aryl methyl sites for hydroxylation is 2. The van der Waals surface area contributed by atoms with Gasteiger partial charge in [-0.05, 0) is 51.1 Å². The maximum Gasteiger partial charge on any atom is 0.415 e. The van der Waals surface area contributed by atoms with Gasteiger partial charge in [0.15, 0.2) is 0 Å². The van der Waals surface area contributed by atoms with Crippen LogP contribution >= 0.6 is 0 Å². The molecule has 1 N–H and O–H groups in total. The Morgan fingerprint density at radius 1 is 1.39 bits per heavy atom. The van der Waals surface area contributed by atoms with Crippen molar-refractivity contribution >= 4 is 11.8 Å². The van der Waals surface area contributed by atoms with Crippen LogP contribution in [0.2, 0.25) is 0 Å². The molecule has 0 bridgehead atoms. The smallest absolute Gasteiger partial charge is 0.415 e. The Morgan fingerprint density at radius 2 is 2.11 bits per heavy atom. The number of carbonyl (C=O) groups is 1. The largest absolute Gasteiger partial charge is 0.440 e. The van der Waals surface area contributed by atoms with Crippen LogP contribution in [0.3, 0.4) is 0 Å². The molecule has 1 saturated heterocycles. The van der Waals surface area contributed by atoms with Crippen LogP contribution in [-0.4, -0.2) is 31.8 Å². The standard InChI is InChI=1S/C14H20N2O2/c1-10-5-6-12(7-11(10)2)16-9-14(3,8-15-4)18-13(16)17/h5-7,15H,8-9H2,1-4H3. The van der Waals surface area contributed by atoms with Crippen LogP contribution in [0.25, 0.3) is 0 Å². The molecule has 0 aromatic heterocycles. The summed E-state index contributed by atoms with van der Waals surface area (Å²) in [6, 6.07) is 6.03. The zero-order valence-electron chi connectivity index (χ0n) is 11.4. The number of rotatable bonds is 3. The van der Waals surface area contributed by atoms with Crippen molar-refractivity contribution in [1.82, 2.24) is 5.32 Å². The molecular weight excluding hydrogens is 228 g/mol. The summed E-state index contributed by atoms with van der Waals surface area (Å²) in [6.45, 7) is 7.29. The van der Waals surface area contributed by atoms with Crippen LogP contribution in [0.1, 0.15) is 18.1 Å². The Labute approximate surface area is 108 Å². The number of hydrogen-bond donors (Lipinski definition) is 1. The van der Waals surface area contributed by atoms with Gasteiger partial charge in [-0.1, -0.05) is 6.07 Å². The number of amides is 1. The number of cyclic esters (lactones) is 1. The number of anilines is 1. The Kier molecular flexibility index (Phi) is 3.30. The number of hydrogen-bond acceptors (Lipinski definition) is 3. The Morgan fingerprint density at radius 3 is 2.72 bits per heavy atom. The van der Waals surface area contributed by atoms with Gasteiger partial charge in [0.25, 0.3) is 0 Å². The summed E-state index contributed by atoms with van der Waals surface area (Å²) in [6.07, 6.45) is -0.268. The predicted molar refractivity (Wildman–Crippen MR) is 72.1 cm³/mol. The van der Waals surface area contributed by atoms with E-state index in [1.165, 1.54) is 11.1 Å². The molecule has 1 amide bonds. The number of nitrogens with zero attached hydrogens (tertiary/aromatic N) is 1. The molecule has 0 spiro atoms. The van der Waals surface area contributed by atoms with E-state index in [2.05, 4.69) is 12.2 Å². The van der Waals surface area contributed by atoms with E-state index < -0.39 is 5.60 Å². The molecular formula is C14H20N2O2. The lowest BCUT2D eigenvalue weighted by molar-refractivity contribution is 0.0734. The molecule has 1 heterocycles. The van der Waals surface area contributed by atoms with Gasteiger partial charge >= 0.3 is 6.09 Å². The number of likely N-dealkylation sites (N-methyl/N-ethyl adjacent to an activating group) is 1. The molecule has 1 aromatic carbocycles. The van der Waals surface area contributed by atoms with Gasteiger partial charge in [0.2, 0.25) is 0 Å². The van der Waals surface area contributed by atoms with E-state index in [9.17, 15) is 4.79 Å². The van der Waals surface area contributed by atoms with Gasteiger partial charge in [-0.25, -0.2) is 4.79 Å². The molecule has 1 unspecified atom stereocenters. The highest BCUT2D eigenvalue weighted by atomic mass is 16.6. The zero-order chi connectivity index (χ0) is 13.3. The average Bonchev–Trinajstić information content (AvgIpc) is 2.59. The minimum atomic E-state index is -0.454. The molecule has 4 heteroatoms. The molecule has 1 fully saturated rings. The molecule has 1 aliphatic heterocycles. The van der Waals surface area contributed by atoms with Crippen molar-refractivity contribution in [3.05, 3.63) is 29.3 Å². The molecule has 0 saturated carbocycles. The summed E-state index contributed by atoms with van der Waals surface area (Å²) in [5.74, 6) is 0. The first-order valence-electron chi connectivity index (χ1n) is 6.17. The van der Waals surface area contributed by atoms with Crippen molar-refractivity contribution in [2.75, 3.05) is 25.0 Å². The van der Waals surface area contributed by atoms with Crippen LogP contribution in [-0.2, 0) is 4.74 Å². The summed E-state index contributed by atoms with van der Waals surface area (Å²) in [5, 5.41) is 3.06. The average molecular weight is 248 g/mol. The van der Waals surface area contributed by atoms with Crippen molar-refractivity contribution in [2.24, 2.45) is 0 Å². The summed E-state index contributed by atoms with van der Waals surface area (Å²) >= 11 is 0. The summed E-state index contributed by atoms with van der Waals surface area (Å²) in [4.78, 5) is 13.6. The van der Waals surface area contributed by atoms with E-state index in [-0.39, 0.29) is 6.09 Å². The predicted octanol–water partition coefficient (Wildman–Crippen LogP) is 2.24. The van der Waals surface area contributed by atoms with Crippen LogP contribution in [0.4, 0.5) is 10.5 Å².